The summed E-state index contributed by atoms with van der Waals surface area (Å²) < 4.78 is 5.23. The highest BCUT2D eigenvalue weighted by Gasteiger charge is 2.03. The molecule has 0 spiro atoms. The van der Waals surface area contributed by atoms with E-state index < -0.39 is 0 Å². The van der Waals surface area contributed by atoms with Crippen molar-refractivity contribution in [3.8, 4) is 0 Å². The lowest BCUT2D eigenvalue weighted by atomic mass is 10.2. The van der Waals surface area contributed by atoms with Gasteiger partial charge in [0, 0.05) is 19.5 Å². The lowest BCUT2D eigenvalue weighted by molar-refractivity contribution is -0.145. The van der Waals surface area contributed by atoms with Crippen LogP contribution in [0, 0.1) is 0 Å². The number of ether oxygens (including phenoxy) is 1. The van der Waals surface area contributed by atoms with Crippen LogP contribution >= 0.6 is 0 Å². The largest absolute Gasteiger partial charge is 0.461 e. The molecule has 1 aromatic rings. The Labute approximate surface area is 145 Å². The van der Waals surface area contributed by atoms with E-state index in [0.29, 0.717) is 19.0 Å². The van der Waals surface area contributed by atoms with Crippen molar-refractivity contribution in [2.24, 2.45) is 10.7 Å². The summed E-state index contributed by atoms with van der Waals surface area (Å²) in [5, 5.41) is 3.08. The van der Waals surface area contributed by atoms with Crippen LogP contribution in [0.2, 0.25) is 0 Å². The minimum atomic E-state index is -0.156. The third-order valence-corrected chi connectivity index (χ3v) is 3.65. The van der Waals surface area contributed by atoms with Gasteiger partial charge >= 0.3 is 5.97 Å². The summed E-state index contributed by atoms with van der Waals surface area (Å²) in [6.45, 7) is 4.05. The van der Waals surface area contributed by atoms with Crippen molar-refractivity contribution >= 4 is 11.9 Å². The monoisotopic (exact) mass is 333 g/mol. The minimum absolute atomic E-state index is 0.156. The number of carbonyl (C=O) groups excluding carboxylic acids is 1. The van der Waals surface area contributed by atoms with Gasteiger partial charge in [-0.2, -0.15) is 0 Å². The van der Waals surface area contributed by atoms with Crippen LogP contribution in [0.4, 0.5) is 0 Å². The first kappa shape index (κ1) is 20.0. The molecule has 0 saturated carbocycles. The molecule has 0 aliphatic carbocycles. The van der Waals surface area contributed by atoms with E-state index in [1.807, 2.05) is 30.3 Å². The van der Waals surface area contributed by atoms with Crippen LogP contribution in [0.1, 0.15) is 57.4 Å². The molecule has 5 heteroatoms. The fourth-order valence-electron chi connectivity index (χ4n) is 2.22. The predicted octanol–water partition coefficient (Wildman–Crippen LogP) is 3.38. The molecule has 0 bridgehead atoms. The molecule has 0 saturated heterocycles. The van der Waals surface area contributed by atoms with Crippen molar-refractivity contribution in [2.45, 2.75) is 58.5 Å². The topological polar surface area (TPSA) is 76.7 Å². The standard InChI is InChI=1S/C19H31N3O2/c1-2-3-4-9-14-21-19(20)22-15-10-8-13-18(23)24-16-17-11-6-5-7-12-17/h5-7,11-12H,2-4,8-10,13-16H2,1H3,(H3,20,21,22). The Morgan fingerprint density at radius 2 is 1.92 bits per heavy atom. The zero-order valence-corrected chi connectivity index (χ0v) is 14.8. The molecule has 0 radical (unpaired) electrons. The number of rotatable bonds is 12. The van der Waals surface area contributed by atoms with Gasteiger partial charge in [0.15, 0.2) is 5.96 Å². The van der Waals surface area contributed by atoms with Crippen molar-refractivity contribution in [3.63, 3.8) is 0 Å². The van der Waals surface area contributed by atoms with Gasteiger partial charge in [-0.1, -0.05) is 56.5 Å². The Morgan fingerprint density at radius 3 is 2.67 bits per heavy atom. The second kappa shape index (κ2) is 13.4. The van der Waals surface area contributed by atoms with Crippen LogP contribution in [0.3, 0.4) is 0 Å². The number of hydrogen-bond donors (Lipinski definition) is 2. The Balaban J connectivity index is 1.98. The molecule has 1 aromatic carbocycles. The van der Waals surface area contributed by atoms with E-state index in [1.165, 1.54) is 19.3 Å². The zero-order chi connectivity index (χ0) is 17.5. The highest BCUT2D eigenvalue weighted by molar-refractivity contribution is 5.77. The van der Waals surface area contributed by atoms with Gasteiger partial charge < -0.3 is 15.8 Å². The molecule has 5 nitrogen and oxygen atoms in total. The highest BCUT2D eigenvalue weighted by Crippen LogP contribution is 2.03. The van der Waals surface area contributed by atoms with Gasteiger partial charge in [0.2, 0.25) is 0 Å². The molecule has 3 N–H and O–H groups in total. The molecule has 0 unspecified atom stereocenters. The Hall–Kier alpha value is -2.04. The summed E-state index contributed by atoms with van der Waals surface area (Å²) in [7, 11) is 0. The maximum atomic E-state index is 11.6. The quantitative estimate of drug-likeness (QED) is 0.266. The van der Waals surface area contributed by atoms with Crippen LogP contribution < -0.4 is 11.1 Å². The van der Waals surface area contributed by atoms with Gasteiger partial charge in [0.05, 0.1) is 0 Å². The smallest absolute Gasteiger partial charge is 0.306 e. The molecule has 0 aromatic heterocycles. The number of nitrogens with zero attached hydrogens (tertiary/aromatic N) is 1. The molecule has 0 aliphatic rings. The van der Waals surface area contributed by atoms with Crippen LogP contribution in [0.15, 0.2) is 35.3 Å². The maximum absolute atomic E-state index is 11.6. The van der Waals surface area contributed by atoms with Crippen molar-refractivity contribution in [1.29, 1.82) is 0 Å². The van der Waals surface area contributed by atoms with Crippen LogP contribution in [-0.4, -0.2) is 25.0 Å². The third-order valence-electron chi connectivity index (χ3n) is 3.65. The molecule has 0 fully saturated rings. The van der Waals surface area contributed by atoms with E-state index in [1.54, 1.807) is 0 Å². The number of hydrogen-bond acceptors (Lipinski definition) is 3. The third kappa shape index (κ3) is 10.6. The number of guanidine groups is 1. The van der Waals surface area contributed by atoms with Gasteiger partial charge in [-0.3, -0.25) is 9.79 Å². The van der Waals surface area contributed by atoms with Crippen LogP contribution in [-0.2, 0) is 16.1 Å². The van der Waals surface area contributed by atoms with E-state index in [9.17, 15) is 4.79 Å². The number of benzene rings is 1. The first-order valence-electron chi connectivity index (χ1n) is 8.95. The summed E-state index contributed by atoms with van der Waals surface area (Å²) in [4.78, 5) is 15.9. The first-order valence-corrected chi connectivity index (χ1v) is 8.95. The van der Waals surface area contributed by atoms with E-state index in [-0.39, 0.29) is 5.97 Å². The summed E-state index contributed by atoms with van der Waals surface area (Å²) in [6, 6.07) is 9.71. The lowest BCUT2D eigenvalue weighted by Crippen LogP contribution is -2.32. The van der Waals surface area contributed by atoms with E-state index in [2.05, 4.69) is 17.2 Å². The Bertz CT molecular complexity index is 475. The Kier molecular flexibility index (Phi) is 11.2. The second-order valence-electron chi connectivity index (χ2n) is 5.86. The van der Waals surface area contributed by atoms with E-state index >= 15 is 0 Å². The van der Waals surface area contributed by atoms with Gasteiger partial charge in [-0.25, -0.2) is 0 Å². The maximum Gasteiger partial charge on any atom is 0.306 e. The fourth-order valence-corrected chi connectivity index (χ4v) is 2.22. The average molecular weight is 333 g/mol. The Morgan fingerprint density at radius 1 is 1.12 bits per heavy atom. The van der Waals surface area contributed by atoms with E-state index in [0.717, 1.165) is 37.9 Å². The zero-order valence-electron chi connectivity index (χ0n) is 14.8. The van der Waals surface area contributed by atoms with Crippen molar-refractivity contribution in [1.82, 2.24) is 5.32 Å². The van der Waals surface area contributed by atoms with Gasteiger partial charge in [0.1, 0.15) is 6.61 Å². The molecular formula is C19H31N3O2. The second-order valence-corrected chi connectivity index (χ2v) is 5.86. The number of esters is 1. The van der Waals surface area contributed by atoms with E-state index in [4.69, 9.17) is 10.5 Å². The SMILES string of the molecule is CCCCCCN=C(N)NCCCCC(=O)OCc1ccccc1. The summed E-state index contributed by atoms with van der Waals surface area (Å²) >= 11 is 0. The molecule has 24 heavy (non-hydrogen) atoms. The molecular weight excluding hydrogens is 302 g/mol. The molecule has 1 rings (SSSR count). The normalized spacial score (nSPS) is 11.3. The van der Waals surface area contributed by atoms with Crippen molar-refractivity contribution in [2.75, 3.05) is 13.1 Å². The van der Waals surface area contributed by atoms with Crippen LogP contribution in [0.25, 0.3) is 0 Å². The highest BCUT2D eigenvalue weighted by atomic mass is 16.5. The van der Waals surface area contributed by atoms with Crippen molar-refractivity contribution in [3.05, 3.63) is 35.9 Å². The number of nitrogens with one attached hydrogen (secondary N) is 1. The van der Waals surface area contributed by atoms with Crippen LogP contribution in [0.5, 0.6) is 0 Å². The summed E-state index contributed by atoms with van der Waals surface area (Å²) in [5.74, 6) is 0.342. The van der Waals surface area contributed by atoms with Crippen molar-refractivity contribution < 1.29 is 9.53 Å². The minimum Gasteiger partial charge on any atom is -0.461 e. The predicted molar refractivity (Wildman–Crippen MR) is 98.7 cm³/mol. The number of aliphatic imine (C=N–C) groups is 1. The molecule has 0 aliphatic heterocycles. The van der Waals surface area contributed by atoms with Gasteiger partial charge in [0.25, 0.3) is 0 Å². The number of nitrogens with two attached hydrogens (primary N) is 1. The average Bonchev–Trinajstić information content (AvgIpc) is 2.60. The van der Waals surface area contributed by atoms with Gasteiger partial charge in [-0.15, -0.1) is 0 Å². The molecule has 0 amide bonds. The number of carbonyl (C=O) groups is 1. The molecule has 134 valence electrons. The van der Waals surface area contributed by atoms with Gasteiger partial charge in [-0.05, 0) is 24.8 Å². The summed E-state index contributed by atoms with van der Waals surface area (Å²) in [6.07, 6.45) is 6.86. The number of unbranched alkanes of at least 4 members (excludes halogenated alkanes) is 4. The summed E-state index contributed by atoms with van der Waals surface area (Å²) in [5.41, 5.74) is 6.80. The first-order chi connectivity index (χ1) is 11.7. The fraction of sp³-hybridized carbons (Fsp3) is 0.579. The lowest BCUT2D eigenvalue weighted by Gasteiger charge is -2.06. The molecule has 0 atom stereocenters. The molecule has 0 heterocycles.